The number of aliphatic carboxylic acids is 1. The second-order valence-electron chi connectivity index (χ2n) is 3.80. The fourth-order valence-corrected chi connectivity index (χ4v) is 1.41. The first kappa shape index (κ1) is 12.1. The molecule has 0 saturated carbocycles. The van der Waals surface area contributed by atoms with Gasteiger partial charge in [-0.05, 0) is 24.6 Å². The number of aromatic nitrogens is 2. The molecule has 0 aliphatic carbocycles. The normalized spacial score (nSPS) is 10.3. The molecule has 18 heavy (non-hydrogen) atoms. The lowest BCUT2D eigenvalue weighted by Crippen LogP contribution is -2.00. The van der Waals surface area contributed by atoms with Crippen LogP contribution in [0.4, 0.5) is 0 Å². The van der Waals surface area contributed by atoms with Gasteiger partial charge in [0.15, 0.2) is 0 Å². The minimum Gasteiger partial charge on any atom is -0.487 e. The number of carbonyl (C=O) groups is 1. The number of ether oxygens (including phenoxy) is 1. The van der Waals surface area contributed by atoms with E-state index in [0.717, 1.165) is 5.56 Å². The molecule has 0 bridgehead atoms. The van der Waals surface area contributed by atoms with Crippen molar-refractivity contribution in [2.45, 2.75) is 20.0 Å². The monoisotopic (exact) mass is 248 g/mol. The molecule has 0 radical (unpaired) electrons. The Balaban J connectivity index is 1.94. The van der Waals surface area contributed by atoms with Crippen molar-refractivity contribution in [3.63, 3.8) is 0 Å². The van der Waals surface area contributed by atoms with E-state index >= 15 is 0 Å². The number of hydrogen-bond acceptors (Lipinski definition) is 5. The molecular weight excluding hydrogens is 236 g/mol. The maximum atomic E-state index is 10.5. The van der Waals surface area contributed by atoms with Crippen LogP contribution in [0.1, 0.15) is 17.0 Å². The SMILES string of the molecule is Cc1nonc1COc1ccc(CC(=O)O)cc1. The van der Waals surface area contributed by atoms with Crippen molar-refractivity contribution in [1.82, 2.24) is 10.3 Å². The van der Waals surface area contributed by atoms with E-state index < -0.39 is 5.97 Å². The summed E-state index contributed by atoms with van der Waals surface area (Å²) >= 11 is 0. The molecule has 1 heterocycles. The van der Waals surface area contributed by atoms with E-state index in [0.29, 0.717) is 17.1 Å². The Hall–Kier alpha value is -2.37. The van der Waals surface area contributed by atoms with Crippen LogP contribution in [0, 0.1) is 6.92 Å². The van der Waals surface area contributed by atoms with Crippen molar-refractivity contribution >= 4 is 5.97 Å². The van der Waals surface area contributed by atoms with E-state index in [9.17, 15) is 4.79 Å². The molecule has 0 saturated heterocycles. The molecule has 2 aromatic rings. The summed E-state index contributed by atoms with van der Waals surface area (Å²) in [5.41, 5.74) is 2.07. The molecule has 0 unspecified atom stereocenters. The summed E-state index contributed by atoms with van der Waals surface area (Å²) in [5.74, 6) is -0.209. The van der Waals surface area contributed by atoms with Gasteiger partial charge in [-0.15, -0.1) is 0 Å². The predicted molar refractivity (Wildman–Crippen MR) is 61.1 cm³/mol. The maximum absolute atomic E-state index is 10.5. The maximum Gasteiger partial charge on any atom is 0.307 e. The summed E-state index contributed by atoms with van der Waals surface area (Å²) in [4.78, 5) is 10.5. The predicted octanol–water partition coefficient (Wildman–Crippen LogP) is 1.58. The average molecular weight is 248 g/mol. The van der Waals surface area contributed by atoms with Gasteiger partial charge >= 0.3 is 5.97 Å². The molecule has 1 aromatic carbocycles. The van der Waals surface area contributed by atoms with Crippen LogP contribution in [0.5, 0.6) is 5.75 Å². The zero-order valence-corrected chi connectivity index (χ0v) is 9.79. The lowest BCUT2D eigenvalue weighted by atomic mass is 10.1. The molecule has 6 nitrogen and oxygen atoms in total. The molecule has 0 fully saturated rings. The number of rotatable bonds is 5. The first-order chi connectivity index (χ1) is 8.65. The van der Waals surface area contributed by atoms with Crippen molar-refractivity contribution in [3.8, 4) is 5.75 Å². The molecule has 6 heteroatoms. The Morgan fingerprint density at radius 2 is 2.06 bits per heavy atom. The molecule has 1 N–H and O–H groups in total. The highest BCUT2D eigenvalue weighted by atomic mass is 16.6. The van der Waals surface area contributed by atoms with E-state index in [2.05, 4.69) is 14.9 Å². The van der Waals surface area contributed by atoms with Crippen molar-refractivity contribution < 1.29 is 19.3 Å². The van der Waals surface area contributed by atoms with Gasteiger partial charge in [-0.25, -0.2) is 4.63 Å². The van der Waals surface area contributed by atoms with Crippen LogP contribution in [0.3, 0.4) is 0 Å². The molecule has 0 amide bonds. The lowest BCUT2D eigenvalue weighted by Gasteiger charge is -2.04. The highest BCUT2D eigenvalue weighted by Gasteiger charge is 2.06. The number of carboxylic acids is 1. The van der Waals surface area contributed by atoms with Gasteiger partial charge in [0.05, 0.1) is 6.42 Å². The van der Waals surface area contributed by atoms with E-state index in [1.54, 1.807) is 31.2 Å². The summed E-state index contributed by atoms with van der Waals surface area (Å²) in [7, 11) is 0. The van der Waals surface area contributed by atoms with E-state index in [1.807, 2.05) is 0 Å². The Bertz CT molecular complexity index is 533. The van der Waals surface area contributed by atoms with Crippen LogP contribution < -0.4 is 4.74 Å². The van der Waals surface area contributed by atoms with Gasteiger partial charge in [-0.1, -0.05) is 22.4 Å². The van der Waals surface area contributed by atoms with Crippen molar-refractivity contribution in [2.24, 2.45) is 0 Å². The highest BCUT2D eigenvalue weighted by Crippen LogP contribution is 2.14. The third-order valence-corrected chi connectivity index (χ3v) is 2.40. The van der Waals surface area contributed by atoms with Crippen LogP contribution in [-0.2, 0) is 17.8 Å². The fourth-order valence-electron chi connectivity index (χ4n) is 1.41. The smallest absolute Gasteiger partial charge is 0.307 e. The number of carboxylic acid groups (broad SMARTS) is 1. The molecule has 0 spiro atoms. The number of benzene rings is 1. The van der Waals surface area contributed by atoms with Gasteiger partial charge in [-0.2, -0.15) is 0 Å². The van der Waals surface area contributed by atoms with Crippen LogP contribution in [-0.4, -0.2) is 21.4 Å². The quantitative estimate of drug-likeness (QED) is 0.864. The first-order valence-corrected chi connectivity index (χ1v) is 5.36. The minimum atomic E-state index is -0.854. The van der Waals surface area contributed by atoms with Gasteiger partial charge in [0.1, 0.15) is 23.7 Å². The summed E-state index contributed by atoms with van der Waals surface area (Å²) in [5, 5.41) is 16.0. The molecule has 2 rings (SSSR count). The summed E-state index contributed by atoms with van der Waals surface area (Å²) in [6, 6.07) is 6.89. The fraction of sp³-hybridized carbons (Fsp3) is 0.250. The third-order valence-electron chi connectivity index (χ3n) is 2.40. The van der Waals surface area contributed by atoms with Gasteiger partial charge in [-0.3, -0.25) is 4.79 Å². The molecule has 0 aliphatic heterocycles. The molecule has 0 aliphatic rings. The topological polar surface area (TPSA) is 85.5 Å². The van der Waals surface area contributed by atoms with Gasteiger partial charge in [0.2, 0.25) is 0 Å². The van der Waals surface area contributed by atoms with Crippen LogP contribution in [0.2, 0.25) is 0 Å². The molecule has 94 valence electrons. The Morgan fingerprint density at radius 1 is 1.33 bits per heavy atom. The third kappa shape index (κ3) is 3.07. The largest absolute Gasteiger partial charge is 0.487 e. The zero-order chi connectivity index (χ0) is 13.0. The van der Waals surface area contributed by atoms with E-state index in [-0.39, 0.29) is 13.0 Å². The van der Waals surface area contributed by atoms with Crippen LogP contribution in [0.15, 0.2) is 28.9 Å². The van der Waals surface area contributed by atoms with E-state index in [1.165, 1.54) is 0 Å². The van der Waals surface area contributed by atoms with Crippen LogP contribution in [0.25, 0.3) is 0 Å². The molecular formula is C12H12N2O4. The molecule has 1 aromatic heterocycles. The van der Waals surface area contributed by atoms with Crippen molar-refractivity contribution in [1.29, 1.82) is 0 Å². The minimum absolute atomic E-state index is 0.00654. The lowest BCUT2D eigenvalue weighted by molar-refractivity contribution is -0.136. The second-order valence-corrected chi connectivity index (χ2v) is 3.80. The second kappa shape index (κ2) is 5.31. The number of hydrogen-bond donors (Lipinski definition) is 1. The Morgan fingerprint density at radius 3 is 2.61 bits per heavy atom. The first-order valence-electron chi connectivity index (χ1n) is 5.36. The Labute approximate surface area is 103 Å². The highest BCUT2D eigenvalue weighted by molar-refractivity contribution is 5.70. The average Bonchev–Trinajstić information content (AvgIpc) is 2.73. The standard InChI is InChI=1S/C12H12N2O4/c1-8-11(14-18-13-8)7-17-10-4-2-9(3-5-10)6-12(15)16/h2-5H,6-7H2,1H3,(H,15,16). The summed E-state index contributed by atoms with van der Waals surface area (Å²) in [6.45, 7) is 2.05. The van der Waals surface area contributed by atoms with E-state index in [4.69, 9.17) is 9.84 Å². The van der Waals surface area contributed by atoms with Gasteiger partial charge in [0.25, 0.3) is 0 Å². The number of aryl methyl sites for hydroxylation is 1. The summed E-state index contributed by atoms with van der Waals surface area (Å²) < 4.78 is 10.0. The molecule has 0 atom stereocenters. The van der Waals surface area contributed by atoms with Crippen LogP contribution >= 0.6 is 0 Å². The van der Waals surface area contributed by atoms with Crippen molar-refractivity contribution in [2.75, 3.05) is 0 Å². The zero-order valence-electron chi connectivity index (χ0n) is 9.79. The Kier molecular flexibility index (Phi) is 3.57. The van der Waals surface area contributed by atoms with Gasteiger partial charge in [0, 0.05) is 0 Å². The summed E-state index contributed by atoms with van der Waals surface area (Å²) in [6.07, 6.45) is 0.00654. The van der Waals surface area contributed by atoms with Crippen molar-refractivity contribution in [3.05, 3.63) is 41.2 Å². The van der Waals surface area contributed by atoms with Gasteiger partial charge < -0.3 is 9.84 Å². The number of nitrogens with zero attached hydrogens (tertiary/aromatic N) is 2.